The summed E-state index contributed by atoms with van der Waals surface area (Å²) in [6.45, 7) is -0.115. The summed E-state index contributed by atoms with van der Waals surface area (Å²) >= 11 is 0. The maximum Gasteiger partial charge on any atom is 0.416 e. The van der Waals surface area contributed by atoms with Gasteiger partial charge in [-0.3, -0.25) is 0 Å². The Morgan fingerprint density at radius 3 is 2.17 bits per heavy atom. The minimum atomic E-state index is -4.51. The first kappa shape index (κ1) is 32.8. The second kappa shape index (κ2) is 13.2. The Hall–Kier alpha value is -5.10. The first-order valence-corrected chi connectivity index (χ1v) is 16.5. The first-order valence-electron chi connectivity index (χ1n) is 15.0. The molecule has 6 rings (SSSR count). The van der Waals surface area contributed by atoms with Crippen molar-refractivity contribution in [2.45, 2.75) is 36.4 Å². The minimum Gasteiger partial charge on any atom is -0.497 e. The molecule has 1 aliphatic carbocycles. The van der Waals surface area contributed by atoms with E-state index in [0.29, 0.717) is 46.8 Å². The molecule has 0 N–H and O–H groups in total. The van der Waals surface area contributed by atoms with Gasteiger partial charge in [0, 0.05) is 29.9 Å². The molecule has 4 aromatic carbocycles. The quantitative estimate of drug-likeness (QED) is 0.150. The summed E-state index contributed by atoms with van der Waals surface area (Å²) in [6, 6.07) is 22.3. The van der Waals surface area contributed by atoms with Crippen LogP contribution >= 0.6 is 0 Å². The van der Waals surface area contributed by atoms with Crippen molar-refractivity contribution in [3.63, 3.8) is 0 Å². The number of ether oxygens (including phenoxy) is 3. The Morgan fingerprint density at radius 1 is 0.812 bits per heavy atom. The molecule has 12 heteroatoms. The van der Waals surface area contributed by atoms with Gasteiger partial charge in [0.1, 0.15) is 17.2 Å². The number of benzene rings is 4. The monoisotopic (exact) mass is 675 g/mol. The number of methoxy groups -OCH3 is 3. The van der Waals surface area contributed by atoms with E-state index in [9.17, 15) is 21.6 Å². The Kier molecular flexibility index (Phi) is 9.02. The number of aryl methyl sites for hydroxylation is 1. The highest BCUT2D eigenvalue weighted by atomic mass is 32.2. The van der Waals surface area contributed by atoms with Crippen molar-refractivity contribution in [2.24, 2.45) is 0 Å². The summed E-state index contributed by atoms with van der Waals surface area (Å²) in [7, 11) is 0.349. The average molecular weight is 676 g/mol. The number of hydrogen-bond acceptors (Lipinski definition) is 7. The predicted octanol–water partition coefficient (Wildman–Crippen LogP) is 7.66. The maximum absolute atomic E-state index is 14.3. The molecule has 0 fully saturated rings. The molecular weight excluding hydrogens is 643 g/mol. The molecule has 1 atom stereocenters. The fourth-order valence-corrected chi connectivity index (χ4v) is 7.49. The number of rotatable bonds is 10. The first-order chi connectivity index (χ1) is 23.0. The van der Waals surface area contributed by atoms with Gasteiger partial charge in [-0.05, 0) is 95.3 Å². The zero-order valence-electron chi connectivity index (χ0n) is 26.4. The topological polar surface area (TPSA) is 90.9 Å². The van der Waals surface area contributed by atoms with Gasteiger partial charge < -0.3 is 14.2 Å². The molecule has 248 valence electrons. The van der Waals surface area contributed by atoms with Crippen LogP contribution in [0, 0.1) is 0 Å². The zero-order chi connectivity index (χ0) is 34.1. The van der Waals surface area contributed by atoms with Crippen LogP contribution in [0.3, 0.4) is 0 Å². The third-order valence-corrected chi connectivity index (χ3v) is 10.2. The molecule has 0 saturated carbocycles. The van der Waals surface area contributed by atoms with Crippen molar-refractivity contribution >= 4 is 16.0 Å². The lowest BCUT2D eigenvalue weighted by atomic mass is 9.86. The second-order valence-corrected chi connectivity index (χ2v) is 13.1. The normalized spacial score (nSPS) is 14.3. The predicted molar refractivity (Wildman–Crippen MR) is 175 cm³/mol. The maximum atomic E-state index is 14.3. The third kappa shape index (κ3) is 6.40. The number of halogens is 3. The van der Waals surface area contributed by atoms with E-state index in [1.165, 1.54) is 51.9 Å². The van der Waals surface area contributed by atoms with Crippen molar-refractivity contribution in [3.05, 3.63) is 125 Å². The van der Waals surface area contributed by atoms with Gasteiger partial charge in [0.05, 0.1) is 38.3 Å². The highest BCUT2D eigenvalue weighted by Crippen LogP contribution is 2.45. The van der Waals surface area contributed by atoms with Crippen molar-refractivity contribution in [3.8, 4) is 28.4 Å². The highest BCUT2D eigenvalue weighted by Gasteiger charge is 2.35. The van der Waals surface area contributed by atoms with Gasteiger partial charge in [0.25, 0.3) is 10.0 Å². The largest absolute Gasteiger partial charge is 0.497 e. The third-order valence-electron chi connectivity index (χ3n) is 8.52. The Morgan fingerprint density at radius 2 is 1.50 bits per heavy atom. The van der Waals surface area contributed by atoms with Crippen molar-refractivity contribution in [2.75, 3.05) is 25.6 Å². The molecule has 1 aromatic heterocycles. The Bertz CT molecular complexity index is 2040. The smallest absolute Gasteiger partial charge is 0.416 e. The van der Waals surface area contributed by atoms with Crippen LogP contribution in [0.5, 0.6) is 17.2 Å². The molecule has 5 aromatic rings. The van der Waals surface area contributed by atoms with E-state index < -0.39 is 21.8 Å². The van der Waals surface area contributed by atoms with Crippen molar-refractivity contribution in [1.29, 1.82) is 0 Å². The van der Waals surface area contributed by atoms with Crippen LogP contribution in [0.15, 0.2) is 102 Å². The van der Waals surface area contributed by atoms with Crippen LogP contribution in [-0.2, 0) is 29.2 Å². The minimum absolute atomic E-state index is 0.0115. The van der Waals surface area contributed by atoms with Gasteiger partial charge in [-0.25, -0.2) is 22.7 Å². The fraction of sp³-hybridized carbons (Fsp3) is 0.222. The SMILES string of the molecule is COc1ccc(-c2cc(C(F)(F)F)ccc2[C@H]2CCc3cc(S(=O)(=O)N(Cc4ccc(OC)cc4OC)c4ncccn4)ccc32)cc1. The van der Waals surface area contributed by atoms with Crippen LogP contribution in [0.2, 0.25) is 0 Å². The van der Waals surface area contributed by atoms with Crippen LogP contribution in [0.1, 0.15) is 40.2 Å². The molecule has 1 aliphatic rings. The van der Waals surface area contributed by atoms with Gasteiger partial charge in [-0.1, -0.05) is 24.3 Å². The number of sulfonamides is 1. The lowest BCUT2D eigenvalue weighted by Crippen LogP contribution is -2.32. The van der Waals surface area contributed by atoms with Crippen LogP contribution in [-0.4, -0.2) is 39.7 Å². The number of anilines is 1. The summed E-state index contributed by atoms with van der Waals surface area (Å²) in [5, 5.41) is 0. The lowest BCUT2D eigenvalue weighted by Gasteiger charge is -2.24. The molecular formula is C36H32F3N3O5S. The van der Waals surface area contributed by atoms with Crippen LogP contribution < -0.4 is 18.5 Å². The van der Waals surface area contributed by atoms with E-state index >= 15 is 0 Å². The summed E-state index contributed by atoms with van der Waals surface area (Å²) in [6.07, 6.45) is -0.440. The van der Waals surface area contributed by atoms with Gasteiger partial charge >= 0.3 is 6.18 Å². The van der Waals surface area contributed by atoms with Gasteiger partial charge in [0.2, 0.25) is 5.95 Å². The molecule has 0 spiro atoms. The molecule has 0 unspecified atom stereocenters. The van der Waals surface area contributed by atoms with E-state index in [-0.39, 0.29) is 23.3 Å². The molecule has 0 aliphatic heterocycles. The zero-order valence-corrected chi connectivity index (χ0v) is 27.2. The molecule has 0 amide bonds. The summed E-state index contributed by atoms with van der Waals surface area (Å²) < 4.78 is 87.2. The van der Waals surface area contributed by atoms with E-state index in [2.05, 4.69) is 9.97 Å². The molecule has 48 heavy (non-hydrogen) atoms. The number of aromatic nitrogens is 2. The van der Waals surface area contributed by atoms with Gasteiger partial charge in [-0.15, -0.1) is 0 Å². The fourth-order valence-electron chi connectivity index (χ4n) is 6.08. The Labute approximate surface area is 276 Å². The van der Waals surface area contributed by atoms with E-state index in [1.807, 2.05) is 0 Å². The lowest BCUT2D eigenvalue weighted by molar-refractivity contribution is -0.137. The summed E-state index contributed by atoms with van der Waals surface area (Å²) in [5.41, 5.74) is 3.31. The highest BCUT2D eigenvalue weighted by molar-refractivity contribution is 7.92. The van der Waals surface area contributed by atoms with Crippen LogP contribution in [0.25, 0.3) is 11.1 Å². The summed E-state index contributed by atoms with van der Waals surface area (Å²) in [4.78, 5) is 8.52. The second-order valence-electron chi connectivity index (χ2n) is 11.2. The number of alkyl halides is 3. The van der Waals surface area contributed by atoms with E-state index in [4.69, 9.17) is 14.2 Å². The van der Waals surface area contributed by atoms with Crippen molar-refractivity contribution in [1.82, 2.24) is 9.97 Å². The molecule has 8 nitrogen and oxygen atoms in total. The Balaban J connectivity index is 1.39. The van der Waals surface area contributed by atoms with Gasteiger partial charge in [0.15, 0.2) is 0 Å². The van der Waals surface area contributed by atoms with Crippen LogP contribution in [0.4, 0.5) is 19.1 Å². The molecule has 0 bridgehead atoms. The standard InChI is InChI=1S/C36H32F3N3O5S/c1-45-27-10-5-23(6-11-27)33-20-26(36(37,38)39)9-15-32(33)31-14-8-24-19-29(13-16-30(24)31)48(43,44)42(35-40-17-4-18-41-35)22-25-7-12-28(46-2)21-34(25)47-3/h4-7,9-13,15-21,31H,8,14,22H2,1-3H3/t31-/m0/s1. The number of fused-ring (bicyclic) bond motifs is 1. The van der Waals surface area contributed by atoms with E-state index in [0.717, 1.165) is 27.1 Å². The van der Waals surface area contributed by atoms with Crippen molar-refractivity contribution < 1.29 is 35.8 Å². The number of nitrogens with zero attached hydrogens (tertiary/aromatic N) is 3. The molecule has 0 saturated heterocycles. The number of hydrogen-bond donors (Lipinski definition) is 0. The average Bonchev–Trinajstić information content (AvgIpc) is 3.53. The molecule has 0 radical (unpaired) electrons. The van der Waals surface area contributed by atoms with Gasteiger partial charge in [-0.2, -0.15) is 13.2 Å². The van der Waals surface area contributed by atoms with E-state index in [1.54, 1.807) is 60.7 Å². The summed E-state index contributed by atoms with van der Waals surface area (Å²) in [5.74, 6) is 1.33. The molecule has 1 heterocycles.